The molecule has 2 aromatic rings. The van der Waals surface area contributed by atoms with E-state index in [0.29, 0.717) is 13.1 Å². The summed E-state index contributed by atoms with van der Waals surface area (Å²) >= 11 is 0. The Balaban J connectivity index is 1.49. The fourth-order valence-electron chi connectivity index (χ4n) is 3.17. The van der Waals surface area contributed by atoms with Crippen LogP contribution >= 0.6 is 0 Å². The molecule has 1 atom stereocenters. The summed E-state index contributed by atoms with van der Waals surface area (Å²) < 4.78 is 0. The number of hydrogen-bond acceptors (Lipinski definition) is 4. The van der Waals surface area contributed by atoms with Crippen molar-refractivity contribution in [3.05, 3.63) is 53.9 Å². The smallest absolute Gasteiger partial charge is 0.225 e. The van der Waals surface area contributed by atoms with Gasteiger partial charge in [0.2, 0.25) is 11.9 Å². The van der Waals surface area contributed by atoms with Crippen molar-refractivity contribution in [1.82, 2.24) is 15.3 Å². The van der Waals surface area contributed by atoms with Crippen LogP contribution in [0.3, 0.4) is 0 Å². The van der Waals surface area contributed by atoms with Gasteiger partial charge in [-0.3, -0.25) is 4.79 Å². The lowest BCUT2D eigenvalue weighted by molar-refractivity contribution is -0.125. The number of benzene rings is 1. The third-order valence-electron chi connectivity index (χ3n) is 4.42. The molecule has 0 bridgehead atoms. The van der Waals surface area contributed by atoms with Crippen LogP contribution in [0.2, 0.25) is 0 Å². The number of hydrogen-bond donors (Lipinski definition) is 1. The predicted octanol–water partition coefficient (Wildman–Crippen LogP) is 2.36. The van der Waals surface area contributed by atoms with Crippen molar-refractivity contribution in [1.29, 1.82) is 0 Å². The SMILES string of the molecule is Cc1cccc(CCNC(=O)C2CCCN(c3ncccn3)C2)c1. The van der Waals surface area contributed by atoms with Gasteiger partial charge in [0, 0.05) is 32.0 Å². The van der Waals surface area contributed by atoms with E-state index in [2.05, 4.69) is 51.4 Å². The Hall–Kier alpha value is -2.43. The molecule has 1 N–H and O–H groups in total. The van der Waals surface area contributed by atoms with Gasteiger partial charge in [-0.25, -0.2) is 9.97 Å². The maximum Gasteiger partial charge on any atom is 0.225 e. The molecular weight excluding hydrogens is 300 g/mol. The molecule has 1 aliphatic rings. The molecule has 1 unspecified atom stereocenters. The number of anilines is 1. The van der Waals surface area contributed by atoms with E-state index in [-0.39, 0.29) is 11.8 Å². The van der Waals surface area contributed by atoms with E-state index < -0.39 is 0 Å². The second-order valence-corrected chi connectivity index (χ2v) is 6.36. The minimum Gasteiger partial charge on any atom is -0.355 e. The highest BCUT2D eigenvalue weighted by Gasteiger charge is 2.26. The maximum atomic E-state index is 12.5. The fourth-order valence-corrected chi connectivity index (χ4v) is 3.17. The minimum atomic E-state index is 0.0139. The molecule has 1 amide bonds. The molecule has 1 fully saturated rings. The number of amides is 1. The number of rotatable bonds is 5. The second-order valence-electron chi connectivity index (χ2n) is 6.36. The molecule has 0 aliphatic carbocycles. The first-order chi connectivity index (χ1) is 11.7. The molecule has 1 aromatic carbocycles. The zero-order chi connectivity index (χ0) is 16.8. The lowest BCUT2D eigenvalue weighted by Crippen LogP contribution is -2.44. The summed E-state index contributed by atoms with van der Waals surface area (Å²) in [5.74, 6) is 0.873. The van der Waals surface area contributed by atoms with Gasteiger partial charge in [-0.15, -0.1) is 0 Å². The van der Waals surface area contributed by atoms with Gasteiger partial charge in [0.25, 0.3) is 0 Å². The van der Waals surface area contributed by atoms with E-state index in [9.17, 15) is 4.79 Å². The summed E-state index contributed by atoms with van der Waals surface area (Å²) in [5.41, 5.74) is 2.52. The lowest BCUT2D eigenvalue weighted by atomic mass is 9.97. The van der Waals surface area contributed by atoms with Crippen molar-refractivity contribution in [3.63, 3.8) is 0 Å². The molecule has 5 nitrogen and oxygen atoms in total. The van der Waals surface area contributed by atoms with Gasteiger partial charge < -0.3 is 10.2 Å². The first-order valence-corrected chi connectivity index (χ1v) is 8.57. The number of carbonyl (C=O) groups is 1. The van der Waals surface area contributed by atoms with Crippen LogP contribution in [-0.2, 0) is 11.2 Å². The lowest BCUT2D eigenvalue weighted by Gasteiger charge is -2.31. The van der Waals surface area contributed by atoms with E-state index >= 15 is 0 Å². The van der Waals surface area contributed by atoms with Crippen molar-refractivity contribution >= 4 is 11.9 Å². The molecule has 1 aromatic heterocycles. The number of nitrogens with zero attached hydrogens (tertiary/aromatic N) is 3. The van der Waals surface area contributed by atoms with Crippen LogP contribution in [-0.4, -0.2) is 35.5 Å². The van der Waals surface area contributed by atoms with Crippen LogP contribution in [0.5, 0.6) is 0 Å². The van der Waals surface area contributed by atoms with E-state index in [1.165, 1.54) is 11.1 Å². The zero-order valence-electron chi connectivity index (χ0n) is 14.1. The Morgan fingerprint density at radius 1 is 1.29 bits per heavy atom. The van der Waals surface area contributed by atoms with Crippen LogP contribution in [0.15, 0.2) is 42.7 Å². The monoisotopic (exact) mass is 324 g/mol. The Kier molecular flexibility index (Phi) is 5.41. The van der Waals surface area contributed by atoms with Crippen LogP contribution in [0, 0.1) is 12.8 Å². The van der Waals surface area contributed by atoms with Gasteiger partial charge in [-0.05, 0) is 37.8 Å². The highest BCUT2D eigenvalue weighted by Crippen LogP contribution is 2.20. The Labute approximate surface area is 143 Å². The van der Waals surface area contributed by atoms with Crippen molar-refractivity contribution in [3.8, 4) is 0 Å². The summed E-state index contributed by atoms with van der Waals surface area (Å²) in [4.78, 5) is 23.1. The maximum absolute atomic E-state index is 12.5. The third-order valence-corrected chi connectivity index (χ3v) is 4.42. The normalized spacial score (nSPS) is 17.5. The molecular formula is C19H24N4O. The molecule has 1 aliphatic heterocycles. The van der Waals surface area contributed by atoms with Crippen LogP contribution in [0.4, 0.5) is 5.95 Å². The van der Waals surface area contributed by atoms with Gasteiger partial charge in [-0.1, -0.05) is 29.8 Å². The van der Waals surface area contributed by atoms with Crippen molar-refractivity contribution < 1.29 is 4.79 Å². The van der Waals surface area contributed by atoms with Crippen LogP contribution in [0.25, 0.3) is 0 Å². The molecule has 0 saturated carbocycles. The number of aryl methyl sites for hydroxylation is 1. The van der Waals surface area contributed by atoms with E-state index in [0.717, 1.165) is 31.8 Å². The van der Waals surface area contributed by atoms with E-state index in [4.69, 9.17) is 0 Å². The van der Waals surface area contributed by atoms with Gasteiger partial charge in [-0.2, -0.15) is 0 Å². The third kappa shape index (κ3) is 4.31. The summed E-state index contributed by atoms with van der Waals surface area (Å²) in [5, 5.41) is 3.09. The quantitative estimate of drug-likeness (QED) is 0.917. The standard InChI is InChI=1S/C19H24N4O/c1-15-5-2-6-16(13-15)8-11-20-18(24)17-7-3-12-23(14-17)19-21-9-4-10-22-19/h2,4-6,9-10,13,17H,3,7-8,11-12,14H2,1H3,(H,20,24). The summed E-state index contributed by atoms with van der Waals surface area (Å²) in [6.45, 7) is 4.38. The summed E-state index contributed by atoms with van der Waals surface area (Å²) in [6, 6.07) is 10.2. The minimum absolute atomic E-state index is 0.0139. The Bertz CT molecular complexity index is 674. The first kappa shape index (κ1) is 16.4. The van der Waals surface area contributed by atoms with Crippen LogP contribution in [0.1, 0.15) is 24.0 Å². The number of aromatic nitrogens is 2. The molecule has 0 spiro atoms. The molecule has 126 valence electrons. The second kappa shape index (κ2) is 7.90. The van der Waals surface area contributed by atoms with Gasteiger partial charge >= 0.3 is 0 Å². The van der Waals surface area contributed by atoms with Crippen molar-refractivity contribution in [2.75, 3.05) is 24.5 Å². The molecule has 3 rings (SSSR count). The average Bonchev–Trinajstić information content (AvgIpc) is 2.62. The van der Waals surface area contributed by atoms with E-state index in [1.54, 1.807) is 12.4 Å². The average molecular weight is 324 g/mol. The molecule has 5 heteroatoms. The topological polar surface area (TPSA) is 58.1 Å². The van der Waals surface area contributed by atoms with Crippen LogP contribution < -0.4 is 10.2 Å². The summed E-state index contributed by atoms with van der Waals surface area (Å²) in [7, 11) is 0. The highest BCUT2D eigenvalue weighted by atomic mass is 16.1. The van der Waals surface area contributed by atoms with Gasteiger partial charge in [0.1, 0.15) is 0 Å². The number of nitrogens with one attached hydrogen (secondary N) is 1. The number of piperidine rings is 1. The number of carbonyl (C=O) groups excluding carboxylic acids is 1. The fraction of sp³-hybridized carbons (Fsp3) is 0.421. The zero-order valence-corrected chi connectivity index (χ0v) is 14.1. The highest BCUT2D eigenvalue weighted by molar-refractivity contribution is 5.79. The van der Waals surface area contributed by atoms with E-state index in [1.807, 2.05) is 6.07 Å². The molecule has 2 heterocycles. The van der Waals surface area contributed by atoms with Crippen molar-refractivity contribution in [2.24, 2.45) is 5.92 Å². The molecule has 1 saturated heterocycles. The largest absolute Gasteiger partial charge is 0.355 e. The van der Waals surface area contributed by atoms with Gasteiger partial charge in [0.15, 0.2) is 0 Å². The first-order valence-electron chi connectivity index (χ1n) is 8.57. The molecule has 0 radical (unpaired) electrons. The van der Waals surface area contributed by atoms with Crippen molar-refractivity contribution in [2.45, 2.75) is 26.2 Å². The Morgan fingerprint density at radius 2 is 2.12 bits per heavy atom. The summed E-state index contributed by atoms with van der Waals surface area (Å²) in [6.07, 6.45) is 6.28. The predicted molar refractivity (Wildman–Crippen MR) is 94.9 cm³/mol. The Morgan fingerprint density at radius 3 is 2.92 bits per heavy atom. The molecule has 24 heavy (non-hydrogen) atoms. The van der Waals surface area contributed by atoms with Gasteiger partial charge in [0.05, 0.1) is 5.92 Å².